The fourth-order valence-electron chi connectivity index (χ4n) is 9.04. The van der Waals surface area contributed by atoms with Gasteiger partial charge in [0.2, 0.25) is 0 Å². The monoisotopic (exact) mass is 723 g/mol. The molecule has 0 bridgehead atoms. The van der Waals surface area contributed by atoms with E-state index in [9.17, 15) is 0 Å². The lowest BCUT2D eigenvalue weighted by atomic mass is 9.93. The minimum atomic E-state index is 0.695. The van der Waals surface area contributed by atoms with Gasteiger partial charge in [0, 0.05) is 43.9 Å². The molecule has 264 valence electrons. The summed E-state index contributed by atoms with van der Waals surface area (Å²) in [6.07, 6.45) is 0. The van der Waals surface area contributed by atoms with Crippen molar-refractivity contribution in [2.24, 2.45) is 0 Å². The van der Waals surface area contributed by atoms with Crippen LogP contribution >= 0.6 is 0 Å². The molecule has 57 heavy (non-hydrogen) atoms. The van der Waals surface area contributed by atoms with Gasteiger partial charge in [0.05, 0.1) is 22.4 Å². The van der Waals surface area contributed by atoms with Gasteiger partial charge in [-0.25, -0.2) is 9.97 Å². The van der Waals surface area contributed by atoms with Crippen LogP contribution in [-0.4, -0.2) is 14.5 Å². The third-order valence-corrected chi connectivity index (χ3v) is 11.7. The van der Waals surface area contributed by atoms with Gasteiger partial charge in [-0.1, -0.05) is 152 Å². The fraction of sp³-hybridized carbons (Fsp3) is 0. The van der Waals surface area contributed by atoms with Crippen LogP contribution < -0.4 is 0 Å². The predicted molar refractivity (Wildman–Crippen MR) is 240 cm³/mol. The highest BCUT2D eigenvalue weighted by Gasteiger charge is 2.20. The van der Waals surface area contributed by atoms with Crippen LogP contribution in [0.1, 0.15) is 0 Å². The Labute approximate surface area is 328 Å². The van der Waals surface area contributed by atoms with E-state index in [-0.39, 0.29) is 0 Å². The maximum Gasteiger partial charge on any atom is 0.160 e. The first-order chi connectivity index (χ1) is 28.2. The van der Waals surface area contributed by atoms with Gasteiger partial charge in [0.15, 0.2) is 5.82 Å². The number of hydrogen-bond acceptors (Lipinski definition) is 2. The second-order valence-corrected chi connectivity index (χ2v) is 15.0. The maximum absolute atomic E-state index is 5.25. The number of aromatic nitrogens is 3. The van der Waals surface area contributed by atoms with E-state index in [4.69, 9.17) is 9.97 Å². The first-order valence-electron chi connectivity index (χ1n) is 19.5. The van der Waals surface area contributed by atoms with Crippen LogP contribution in [0.2, 0.25) is 0 Å². The molecule has 0 fully saturated rings. The van der Waals surface area contributed by atoms with Crippen molar-refractivity contribution in [3.05, 3.63) is 200 Å². The van der Waals surface area contributed by atoms with Crippen molar-refractivity contribution in [1.29, 1.82) is 0 Å². The molecular weight excluding hydrogens is 691 g/mol. The third kappa shape index (κ3) is 4.99. The fourth-order valence-corrected chi connectivity index (χ4v) is 9.04. The van der Waals surface area contributed by atoms with E-state index in [1.54, 1.807) is 0 Å². The largest absolute Gasteiger partial charge is 0.309 e. The Morgan fingerprint density at radius 3 is 1.49 bits per heavy atom. The normalized spacial score (nSPS) is 11.9. The lowest BCUT2D eigenvalue weighted by Crippen LogP contribution is -1.98. The number of rotatable bonds is 4. The summed E-state index contributed by atoms with van der Waals surface area (Å²) in [5.74, 6) is 0.695. The molecule has 0 radical (unpaired) electrons. The molecule has 0 amide bonds. The summed E-state index contributed by atoms with van der Waals surface area (Å²) < 4.78 is 2.45. The summed E-state index contributed by atoms with van der Waals surface area (Å²) >= 11 is 0. The highest BCUT2D eigenvalue weighted by atomic mass is 15.0. The average molecular weight is 724 g/mol. The maximum atomic E-state index is 5.25. The third-order valence-electron chi connectivity index (χ3n) is 11.7. The van der Waals surface area contributed by atoms with E-state index < -0.39 is 0 Å². The van der Waals surface area contributed by atoms with Crippen LogP contribution in [0, 0.1) is 0 Å². The van der Waals surface area contributed by atoms with Crippen molar-refractivity contribution in [3.63, 3.8) is 0 Å². The first kappa shape index (κ1) is 31.7. The lowest BCUT2D eigenvalue weighted by molar-refractivity contribution is 1.17. The summed E-state index contributed by atoms with van der Waals surface area (Å²) in [4.78, 5) is 10.5. The van der Waals surface area contributed by atoms with Gasteiger partial charge in [-0.3, -0.25) is 0 Å². The van der Waals surface area contributed by atoms with Crippen LogP contribution in [0.4, 0.5) is 0 Å². The molecule has 0 saturated carbocycles. The Hall–Kier alpha value is -7.62. The Kier molecular flexibility index (Phi) is 6.93. The molecule has 12 rings (SSSR count). The van der Waals surface area contributed by atoms with Crippen molar-refractivity contribution in [2.75, 3.05) is 0 Å². The molecule has 12 aromatic rings. The van der Waals surface area contributed by atoms with E-state index in [1.807, 2.05) is 0 Å². The van der Waals surface area contributed by atoms with Crippen LogP contribution in [0.15, 0.2) is 200 Å². The number of benzene rings is 10. The number of fused-ring (bicyclic) bond motifs is 12. The Bertz CT molecular complexity index is 3480. The van der Waals surface area contributed by atoms with Crippen molar-refractivity contribution in [3.8, 4) is 39.6 Å². The van der Waals surface area contributed by atoms with Crippen LogP contribution in [0.25, 0.3) is 115 Å². The molecule has 0 N–H and O–H groups in total. The highest BCUT2D eigenvalue weighted by Crippen LogP contribution is 2.45. The van der Waals surface area contributed by atoms with Gasteiger partial charge in [-0.15, -0.1) is 0 Å². The number of nitrogens with zero attached hydrogens (tertiary/aromatic N) is 3. The topological polar surface area (TPSA) is 30.7 Å². The van der Waals surface area contributed by atoms with E-state index in [1.165, 1.54) is 75.7 Å². The molecule has 2 aromatic heterocycles. The molecule has 0 atom stereocenters. The molecule has 3 heteroatoms. The Balaban J connectivity index is 1.07. The molecule has 0 saturated heterocycles. The van der Waals surface area contributed by atoms with Gasteiger partial charge < -0.3 is 4.57 Å². The van der Waals surface area contributed by atoms with Gasteiger partial charge in [-0.2, -0.15) is 0 Å². The smallest absolute Gasteiger partial charge is 0.160 e. The van der Waals surface area contributed by atoms with Gasteiger partial charge in [0.1, 0.15) is 0 Å². The van der Waals surface area contributed by atoms with Gasteiger partial charge in [-0.05, 0) is 91.6 Å². The van der Waals surface area contributed by atoms with Gasteiger partial charge in [0.25, 0.3) is 0 Å². The van der Waals surface area contributed by atoms with Crippen molar-refractivity contribution in [1.82, 2.24) is 14.5 Å². The SMILES string of the molecule is c1ccc2cc(-c3cc(-c4ccc5ccccc5c4)nc(-c4ccc(-n5c6ccccc6c6c7c8ccccc8ccc7c7ccccc7c65)cc4)n3)ccc2c1. The average Bonchev–Trinajstić information content (AvgIpc) is 3.64. The zero-order chi connectivity index (χ0) is 37.5. The highest BCUT2D eigenvalue weighted by molar-refractivity contribution is 6.36. The standard InChI is InChI=1S/C54H33N3/c1-3-14-38-31-40(23-21-34(38)11-1)48-33-49(41-24-22-35-12-2-4-15-39(35)32-41)56-54(55-48)37-25-28-42(29-26-37)57-50-20-10-9-19-47(50)52-51-43-16-6-5-13-36(43)27-30-45(51)44-17-7-8-18-46(44)53(52)57/h1-33H. The summed E-state index contributed by atoms with van der Waals surface area (Å²) in [6.45, 7) is 0. The first-order valence-corrected chi connectivity index (χ1v) is 19.5. The molecule has 0 aliphatic carbocycles. The Morgan fingerprint density at radius 1 is 0.316 bits per heavy atom. The van der Waals surface area contributed by atoms with Gasteiger partial charge >= 0.3 is 0 Å². The quantitative estimate of drug-likeness (QED) is 0.169. The molecule has 2 heterocycles. The van der Waals surface area contributed by atoms with E-state index in [0.29, 0.717) is 5.82 Å². The summed E-state index contributed by atoms with van der Waals surface area (Å²) in [7, 11) is 0. The number of para-hydroxylation sites is 1. The predicted octanol–water partition coefficient (Wildman–Crippen LogP) is 14.3. The zero-order valence-corrected chi connectivity index (χ0v) is 30.9. The molecule has 0 unspecified atom stereocenters. The molecule has 0 aliphatic rings. The van der Waals surface area contributed by atoms with E-state index >= 15 is 0 Å². The second kappa shape index (κ2) is 12.5. The lowest BCUT2D eigenvalue weighted by Gasteiger charge is -2.14. The van der Waals surface area contributed by atoms with Crippen molar-refractivity contribution in [2.45, 2.75) is 0 Å². The summed E-state index contributed by atoms with van der Waals surface area (Å²) in [5, 5.41) is 14.9. The Morgan fingerprint density at radius 2 is 0.825 bits per heavy atom. The second-order valence-electron chi connectivity index (χ2n) is 15.0. The zero-order valence-electron chi connectivity index (χ0n) is 30.9. The van der Waals surface area contributed by atoms with Crippen molar-refractivity contribution >= 4 is 75.7 Å². The molecular formula is C54H33N3. The van der Waals surface area contributed by atoms with Crippen molar-refractivity contribution < 1.29 is 0 Å². The summed E-state index contributed by atoms with van der Waals surface area (Å²) in [6, 6.07) is 72.1. The van der Waals surface area contributed by atoms with E-state index in [0.717, 1.165) is 33.8 Å². The number of hydrogen-bond donors (Lipinski definition) is 0. The minimum Gasteiger partial charge on any atom is -0.309 e. The van der Waals surface area contributed by atoms with E-state index in [2.05, 4.69) is 205 Å². The molecule has 0 spiro atoms. The van der Waals surface area contributed by atoms with Crippen LogP contribution in [0.5, 0.6) is 0 Å². The van der Waals surface area contributed by atoms with Crippen LogP contribution in [0.3, 0.4) is 0 Å². The minimum absolute atomic E-state index is 0.695. The molecule has 0 aliphatic heterocycles. The summed E-state index contributed by atoms with van der Waals surface area (Å²) in [5.41, 5.74) is 8.37. The van der Waals surface area contributed by atoms with Crippen LogP contribution in [-0.2, 0) is 0 Å². The molecule has 3 nitrogen and oxygen atoms in total. The molecule has 10 aromatic carbocycles.